The first-order valence-electron chi connectivity index (χ1n) is 4.56. The molecule has 1 rings (SSSR count). The lowest BCUT2D eigenvalue weighted by Gasteiger charge is -2.13. The van der Waals surface area contributed by atoms with Crippen molar-refractivity contribution in [2.75, 3.05) is 7.11 Å². The Labute approximate surface area is 94.4 Å². The van der Waals surface area contributed by atoms with E-state index in [0.29, 0.717) is 0 Å². The van der Waals surface area contributed by atoms with E-state index in [4.69, 9.17) is 15.4 Å². The first-order valence-corrected chi connectivity index (χ1v) is 6.87. The quantitative estimate of drug-likeness (QED) is 0.770. The Morgan fingerprint density at radius 1 is 1.33 bits per heavy atom. The normalized spacial score (nSPS) is 13.8. The summed E-state index contributed by atoms with van der Waals surface area (Å²) in [6.45, 7) is 2.00. The molecule has 0 spiro atoms. The van der Waals surface area contributed by atoms with Crippen LogP contribution in [-0.4, -0.2) is 15.5 Å². The van der Waals surface area contributed by atoms with Crippen LogP contribution in [0, 0.1) is 0 Å². The molecule has 3 nitrogen and oxygen atoms in total. The molecule has 1 unspecified atom stereocenters. The van der Waals surface area contributed by atoms with E-state index in [2.05, 4.69) is 0 Å². The molecule has 0 heterocycles. The summed E-state index contributed by atoms with van der Waals surface area (Å²) in [5.74, 6) is 0. The van der Waals surface area contributed by atoms with Crippen molar-refractivity contribution in [3.8, 4) is 0 Å². The molecular weight excluding hydrogens is 236 g/mol. The molecule has 0 aliphatic carbocycles. The second-order valence-corrected chi connectivity index (χ2v) is 5.71. The first-order chi connectivity index (χ1) is 6.99. The zero-order valence-electron chi connectivity index (χ0n) is 8.60. The smallest absolute Gasteiger partial charge is 0.261 e. The van der Waals surface area contributed by atoms with Crippen molar-refractivity contribution in [2.24, 2.45) is 0 Å². The van der Waals surface area contributed by atoms with E-state index in [0.717, 1.165) is 12.0 Å². The van der Waals surface area contributed by atoms with Gasteiger partial charge in [-0.1, -0.05) is 19.1 Å². The average Bonchev–Trinajstić information content (AvgIpc) is 2.19. The Balaban J connectivity index is 3.00. The third-order valence-electron chi connectivity index (χ3n) is 2.19. The van der Waals surface area contributed by atoms with Gasteiger partial charge in [0.25, 0.3) is 9.05 Å². The molecule has 0 aliphatic heterocycles. The number of benzene rings is 1. The summed E-state index contributed by atoms with van der Waals surface area (Å²) >= 11 is 0. The molecule has 1 aromatic rings. The molecule has 5 heteroatoms. The Morgan fingerprint density at radius 2 is 1.87 bits per heavy atom. The maximum absolute atomic E-state index is 11.0. The van der Waals surface area contributed by atoms with Crippen molar-refractivity contribution in [3.05, 3.63) is 29.8 Å². The Hall–Kier alpha value is -0.580. The van der Waals surface area contributed by atoms with Gasteiger partial charge in [0.15, 0.2) is 0 Å². The van der Waals surface area contributed by atoms with Gasteiger partial charge in [-0.15, -0.1) is 0 Å². The molecule has 0 aliphatic rings. The number of methoxy groups -OCH3 is 1. The van der Waals surface area contributed by atoms with Gasteiger partial charge in [0.05, 0.1) is 11.0 Å². The molecule has 1 atom stereocenters. The summed E-state index contributed by atoms with van der Waals surface area (Å²) in [5, 5.41) is 0. The molecule has 0 radical (unpaired) electrons. The minimum atomic E-state index is -3.63. The van der Waals surface area contributed by atoms with Crippen LogP contribution in [0.25, 0.3) is 0 Å². The molecule has 1 aromatic carbocycles. The SMILES string of the molecule is CCC(OC)c1ccc(S(=O)(=O)Cl)cc1. The highest BCUT2D eigenvalue weighted by Crippen LogP contribution is 2.22. The predicted molar refractivity (Wildman–Crippen MR) is 59.5 cm³/mol. The van der Waals surface area contributed by atoms with E-state index in [1.54, 1.807) is 19.2 Å². The van der Waals surface area contributed by atoms with Crippen LogP contribution in [0.4, 0.5) is 0 Å². The zero-order chi connectivity index (χ0) is 11.5. The van der Waals surface area contributed by atoms with Gasteiger partial charge in [0.1, 0.15) is 0 Å². The number of rotatable bonds is 4. The van der Waals surface area contributed by atoms with E-state index >= 15 is 0 Å². The van der Waals surface area contributed by atoms with Crippen molar-refractivity contribution >= 4 is 19.7 Å². The maximum atomic E-state index is 11.0. The fourth-order valence-corrected chi connectivity index (χ4v) is 2.15. The molecule has 0 aromatic heterocycles. The summed E-state index contributed by atoms with van der Waals surface area (Å²) < 4.78 is 27.2. The van der Waals surface area contributed by atoms with Gasteiger partial charge in [0.2, 0.25) is 0 Å². The lowest BCUT2D eigenvalue weighted by molar-refractivity contribution is 0.1000. The van der Waals surface area contributed by atoms with Gasteiger partial charge in [0, 0.05) is 17.8 Å². The van der Waals surface area contributed by atoms with Gasteiger partial charge in [-0.25, -0.2) is 8.42 Å². The Kier molecular flexibility index (Phi) is 4.13. The van der Waals surface area contributed by atoms with E-state index in [1.807, 2.05) is 6.92 Å². The lowest BCUT2D eigenvalue weighted by Crippen LogP contribution is -2.00. The third kappa shape index (κ3) is 3.19. The standard InChI is InChI=1S/C10H13ClO3S/c1-3-10(14-2)8-4-6-9(7-5-8)15(11,12)13/h4-7,10H,3H2,1-2H3. The third-order valence-corrected chi connectivity index (χ3v) is 3.56. The number of hydrogen-bond acceptors (Lipinski definition) is 3. The Bertz CT molecular complexity index is 407. The fraction of sp³-hybridized carbons (Fsp3) is 0.400. The van der Waals surface area contributed by atoms with Crippen LogP contribution < -0.4 is 0 Å². The van der Waals surface area contributed by atoms with Crippen molar-refractivity contribution in [1.29, 1.82) is 0 Å². The lowest BCUT2D eigenvalue weighted by atomic mass is 10.1. The first kappa shape index (κ1) is 12.5. The minimum Gasteiger partial charge on any atom is -0.377 e. The highest BCUT2D eigenvalue weighted by molar-refractivity contribution is 8.13. The predicted octanol–water partition coefficient (Wildman–Crippen LogP) is 2.71. The van der Waals surface area contributed by atoms with Crippen LogP contribution in [-0.2, 0) is 13.8 Å². The highest BCUT2D eigenvalue weighted by Gasteiger charge is 2.12. The van der Waals surface area contributed by atoms with Crippen molar-refractivity contribution in [2.45, 2.75) is 24.3 Å². The van der Waals surface area contributed by atoms with Gasteiger partial charge in [-0.2, -0.15) is 0 Å². The summed E-state index contributed by atoms with van der Waals surface area (Å²) in [6, 6.07) is 6.40. The number of hydrogen-bond donors (Lipinski definition) is 0. The monoisotopic (exact) mass is 248 g/mol. The fourth-order valence-electron chi connectivity index (χ4n) is 1.38. The van der Waals surface area contributed by atoms with Crippen molar-refractivity contribution in [1.82, 2.24) is 0 Å². The van der Waals surface area contributed by atoms with Crippen LogP contribution in [0.3, 0.4) is 0 Å². The summed E-state index contributed by atoms with van der Waals surface area (Å²) in [7, 11) is 3.20. The van der Waals surface area contributed by atoms with Gasteiger partial charge in [-0.05, 0) is 24.1 Å². The molecule has 0 bridgehead atoms. The summed E-state index contributed by atoms with van der Waals surface area (Å²) in [4.78, 5) is 0.110. The molecule has 0 fully saturated rings. The summed E-state index contributed by atoms with van der Waals surface area (Å²) in [6.07, 6.45) is 0.834. The molecule has 84 valence electrons. The summed E-state index contributed by atoms with van der Waals surface area (Å²) in [5.41, 5.74) is 0.948. The molecule has 0 amide bonds. The second kappa shape index (κ2) is 4.96. The van der Waals surface area contributed by atoms with Crippen molar-refractivity contribution < 1.29 is 13.2 Å². The zero-order valence-corrected chi connectivity index (χ0v) is 10.2. The molecule has 0 N–H and O–H groups in total. The van der Waals surface area contributed by atoms with Crippen LogP contribution in [0.15, 0.2) is 29.2 Å². The molecule has 15 heavy (non-hydrogen) atoms. The minimum absolute atomic E-state index is 0.00270. The second-order valence-electron chi connectivity index (χ2n) is 3.14. The molecule has 0 saturated heterocycles. The van der Waals surface area contributed by atoms with E-state index in [9.17, 15) is 8.42 Å². The number of ether oxygens (including phenoxy) is 1. The van der Waals surface area contributed by atoms with Gasteiger partial charge < -0.3 is 4.74 Å². The van der Waals surface area contributed by atoms with Crippen LogP contribution in [0.5, 0.6) is 0 Å². The van der Waals surface area contributed by atoms with Crippen LogP contribution in [0.2, 0.25) is 0 Å². The maximum Gasteiger partial charge on any atom is 0.261 e. The van der Waals surface area contributed by atoms with Crippen LogP contribution in [0.1, 0.15) is 25.0 Å². The topological polar surface area (TPSA) is 43.4 Å². The van der Waals surface area contributed by atoms with E-state index in [-0.39, 0.29) is 11.0 Å². The average molecular weight is 249 g/mol. The number of halogens is 1. The van der Waals surface area contributed by atoms with E-state index < -0.39 is 9.05 Å². The van der Waals surface area contributed by atoms with Crippen LogP contribution >= 0.6 is 10.7 Å². The highest BCUT2D eigenvalue weighted by atomic mass is 35.7. The van der Waals surface area contributed by atoms with E-state index in [1.165, 1.54) is 12.1 Å². The molecular formula is C10H13ClO3S. The van der Waals surface area contributed by atoms with Gasteiger partial charge >= 0.3 is 0 Å². The Morgan fingerprint density at radius 3 is 2.20 bits per heavy atom. The largest absolute Gasteiger partial charge is 0.377 e. The van der Waals surface area contributed by atoms with Crippen molar-refractivity contribution in [3.63, 3.8) is 0 Å². The molecule has 0 saturated carbocycles. The van der Waals surface area contributed by atoms with Gasteiger partial charge in [-0.3, -0.25) is 0 Å².